The molecule has 2 heterocycles. The first-order valence-electron chi connectivity index (χ1n) is 6.84. The summed E-state index contributed by atoms with van der Waals surface area (Å²) in [5.74, 6) is -1.25. The lowest BCUT2D eigenvalue weighted by molar-refractivity contribution is 0.0691. The number of anilines is 1. The van der Waals surface area contributed by atoms with E-state index in [1.807, 2.05) is 4.90 Å². The van der Waals surface area contributed by atoms with Gasteiger partial charge in [0.05, 0.1) is 0 Å². The van der Waals surface area contributed by atoms with Crippen molar-refractivity contribution in [1.82, 2.24) is 9.88 Å². The third-order valence-electron chi connectivity index (χ3n) is 3.40. The van der Waals surface area contributed by atoms with Gasteiger partial charge in [0.1, 0.15) is 5.56 Å². The normalized spacial score (nSPS) is 16.7. The minimum atomic E-state index is -1.26. The number of aromatic nitrogens is 1. The quantitative estimate of drug-likeness (QED) is 0.910. The summed E-state index contributed by atoms with van der Waals surface area (Å²) >= 11 is 0. The summed E-state index contributed by atoms with van der Waals surface area (Å²) in [6.07, 6.45) is 1.35. The van der Waals surface area contributed by atoms with Gasteiger partial charge in [0.15, 0.2) is 11.6 Å². The topological polar surface area (TPSA) is 56.7 Å². The highest BCUT2D eigenvalue weighted by Crippen LogP contribution is 2.21. The Balaban J connectivity index is 2.07. The SMILES string of the molecule is CC(C)CN1CCN(c2nccc(C(=O)O)c2F)CC1. The van der Waals surface area contributed by atoms with Crippen molar-refractivity contribution in [1.29, 1.82) is 0 Å². The van der Waals surface area contributed by atoms with Gasteiger partial charge in [-0.2, -0.15) is 0 Å². The van der Waals surface area contributed by atoms with Gasteiger partial charge in [-0.25, -0.2) is 14.2 Å². The zero-order valence-electron chi connectivity index (χ0n) is 11.8. The molecule has 20 heavy (non-hydrogen) atoms. The monoisotopic (exact) mass is 281 g/mol. The smallest absolute Gasteiger partial charge is 0.338 e. The number of piperazine rings is 1. The zero-order valence-corrected chi connectivity index (χ0v) is 11.8. The lowest BCUT2D eigenvalue weighted by atomic mass is 10.2. The highest BCUT2D eigenvalue weighted by atomic mass is 19.1. The molecule has 1 aliphatic rings. The summed E-state index contributed by atoms with van der Waals surface area (Å²) in [5.41, 5.74) is -0.320. The Morgan fingerprint density at radius 1 is 1.40 bits per heavy atom. The molecule has 0 bridgehead atoms. The molecule has 1 fully saturated rings. The second-order valence-electron chi connectivity index (χ2n) is 5.48. The van der Waals surface area contributed by atoms with E-state index in [2.05, 4.69) is 23.7 Å². The Kier molecular flexibility index (Phi) is 4.54. The number of carboxylic acids is 1. The maximum atomic E-state index is 14.1. The van der Waals surface area contributed by atoms with Crippen LogP contribution >= 0.6 is 0 Å². The molecular formula is C14H20FN3O2. The summed E-state index contributed by atoms with van der Waals surface area (Å²) in [6, 6.07) is 1.19. The number of carbonyl (C=O) groups is 1. The third-order valence-corrected chi connectivity index (χ3v) is 3.40. The van der Waals surface area contributed by atoms with Gasteiger partial charge in [0.2, 0.25) is 0 Å². The number of hydrogen-bond donors (Lipinski definition) is 1. The van der Waals surface area contributed by atoms with Crippen LogP contribution < -0.4 is 4.90 Å². The Morgan fingerprint density at radius 2 is 2.05 bits per heavy atom. The summed E-state index contributed by atoms with van der Waals surface area (Å²) in [4.78, 5) is 19.1. The second-order valence-corrected chi connectivity index (χ2v) is 5.48. The van der Waals surface area contributed by atoms with Crippen LogP contribution in [0.15, 0.2) is 12.3 Å². The molecular weight excluding hydrogens is 261 g/mol. The fourth-order valence-electron chi connectivity index (χ4n) is 2.48. The van der Waals surface area contributed by atoms with E-state index < -0.39 is 11.8 Å². The summed E-state index contributed by atoms with van der Waals surface area (Å²) < 4.78 is 14.1. The van der Waals surface area contributed by atoms with Crippen LogP contribution in [-0.2, 0) is 0 Å². The van der Waals surface area contributed by atoms with E-state index in [1.54, 1.807) is 0 Å². The first kappa shape index (κ1) is 14.7. The van der Waals surface area contributed by atoms with E-state index >= 15 is 0 Å². The summed E-state index contributed by atoms with van der Waals surface area (Å²) in [5, 5.41) is 8.94. The molecule has 1 aromatic heterocycles. The van der Waals surface area contributed by atoms with Crippen LogP contribution in [0.4, 0.5) is 10.2 Å². The van der Waals surface area contributed by atoms with Gasteiger partial charge in [0, 0.05) is 38.9 Å². The van der Waals surface area contributed by atoms with Crippen LogP contribution in [0.1, 0.15) is 24.2 Å². The maximum Gasteiger partial charge on any atom is 0.338 e. The lowest BCUT2D eigenvalue weighted by Crippen LogP contribution is -2.48. The van der Waals surface area contributed by atoms with Crippen molar-refractivity contribution < 1.29 is 14.3 Å². The van der Waals surface area contributed by atoms with Crippen molar-refractivity contribution >= 4 is 11.8 Å². The van der Waals surface area contributed by atoms with Gasteiger partial charge >= 0.3 is 5.97 Å². The number of hydrogen-bond acceptors (Lipinski definition) is 4. The maximum absolute atomic E-state index is 14.1. The van der Waals surface area contributed by atoms with Crippen molar-refractivity contribution in [3.05, 3.63) is 23.6 Å². The van der Waals surface area contributed by atoms with Crippen LogP contribution in [0.3, 0.4) is 0 Å². The first-order valence-corrected chi connectivity index (χ1v) is 6.84. The average molecular weight is 281 g/mol. The molecule has 1 N–H and O–H groups in total. The molecule has 5 nitrogen and oxygen atoms in total. The molecule has 0 unspecified atom stereocenters. The minimum absolute atomic E-state index is 0.147. The van der Waals surface area contributed by atoms with Crippen molar-refractivity contribution in [3.63, 3.8) is 0 Å². The largest absolute Gasteiger partial charge is 0.478 e. The zero-order chi connectivity index (χ0) is 14.7. The Labute approximate surface area is 118 Å². The molecule has 0 spiro atoms. The number of aromatic carboxylic acids is 1. The number of carboxylic acid groups (broad SMARTS) is 1. The van der Waals surface area contributed by atoms with Gasteiger partial charge < -0.3 is 10.0 Å². The summed E-state index contributed by atoms with van der Waals surface area (Å²) in [7, 11) is 0. The van der Waals surface area contributed by atoms with E-state index in [-0.39, 0.29) is 11.4 Å². The molecule has 0 atom stereocenters. The number of rotatable bonds is 4. The molecule has 1 aromatic rings. The molecule has 0 aliphatic carbocycles. The van der Waals surface area contributed by atoms with E-state index in [1.165, 1.54) is 12.3 Å². The molecule has 0 aromatic carbocycles. The highest BCUT2D eigenvalue weighted by molar-refractivity contribution is 5.88. The predicted octanol–water partition coefficient (Wildman–Crippen LogP) is 1.70. The highest BCUT2D eigenvalue weighted by Gasteiger charge is 2.23. The van der Waals surface area contributed by atoms with E-state index in [9.17, 15) is 9.18 Å². The molecule has 0 amide bonds. The fraction of sp³-hybridized carbons (Fsp3) is 0.571. The van der Waals surface area contributed by atoms with Crippen molar-refractivity contribution in [3.8, 4) is 0 Å². The van der Waals surface area contributed by atoms with Gasteiger partial charge in [0.25, 0.3) is 0 Å². The minimum Gasteiger partial charge on any atom is -0.478 e. The molecule has 2 rings (SSSR count). The van der Waals surface area contributed by atoms with Gasteiger partial charge in [-0.05, 0) is 12.0 Å². The first-order chi connectivity index (χ1) is 9.49. The van der Waals surface area contributed by atoms with E-state index in [4.69, 9.17) is 5.11 Å². The van der Waals surface area contributed by atoms with E-state index in [0.29, 0.717) is 19.0 Å². The van der Waals surface area contributed by atoms with E-state index in [0.717, 1.165) is 19.6 Å². The van der Waals surface area contributed by atoms with Crippen LogP contribution in [0.25, 0.3) is 0 Å². The molecule has 1 aliphatic heterocycles. The fourth-order valence-corrected chi connectivity index (χ4v) is 2.48. The molecule has 0 radical (unpaired) electrons. The second kappa shape index (κ2) is 6.17. The Bertz CT molecular complexity index is 485. The van der Waals surface area contributed by atoms with Crippen LogP contribution in [0.5, 0.6) is 0 Å². The predicted molar refractivity (Wildman–Crippen MR) is 74.6 cm³/mol. The third kappa shape index (κ3) is 3.25. The van der Waals surface area contributed by atoms with Crippen LogP contribution in [-0.4, -0.2) is 53.7 Å². The molecule has 0 saturated carbocycles. The van der Waals surface area contributed by atoms with Gasteiger partial charge in [-0.1, -0.05) is 13.8 Å². The number of halogens is 1. The molecule has 1 saturated heterocycles. The Hall–Kier alpha value is -1.69. The molecule has 110 valence electrons. The summed E-state index contributed by atoms with van der Waals surface area (Å²) in [6.45, 7) is 8.39. The van der Waals surface area contributed by atoms with Crippen molar-refractivity contribution in [2.45, 2.75) is 13.8 Å². The van der Waals surface area contributed by atoms with Gasteiger partial charge in [-0.15, -0.1) is 0 Å². The molecule has 6 heteroatoms. The lowest BCUT2D eigenvalue weighted by Gasteiger charge is -2.36. The van der Waals surface area contributed by atoms with Crippen LogP contribution in [0, 0.1) is 11.7 Å². The number of nitrogens with zero attached hydrogens (tertiary/aromatic N) is 3. The Morgan fingerprint density at radius 3 is 2.60 bits per heavy atom. The standard InChI is InChI=1S/C14H20FN3O2/c1-10(2)9-17-5-7-18(8-6-17)13-12(15)11(14(19)20)3-4-16-13/h3-4,10H,5-9H2,1-2H3,(H,19,20). The van der Waals surface area contributed by atoms with Crippen LogP contribution in [0.2, 0.25) is 0 Å². The van der Waals surface area contributed by atoms with Gasteiger partial charge in [-0.3, -0.25) is 4.90 Å². The average Bonchev–Trinajstić information content (AvgIpc) is 2.39. The van der Waals surface area contributed by atoms with Crippen molar-refractivity contribution in [2.24, 2.45) is 5.92 Å². The number of pyridine rings is 1. The van der Waals surface area contributed by atoms with Crippen molar-refractivity contribution in [2.75, 3.05) is 37.6 Å².